The summed E-state index contributed by atoms with van der Waals surface area (Å²) in [5.74, 6) is -2.52. The van der Waals surface area contributed by atoms with Crippen molar-refractivity contribution in [2.24, 2.45) is 11.3 Å². The summed E-state index contributed by atoms with van der Waals surface area (Å²) in [5.41, 5.74) is -0.614. The minimum Gasteiger partial charge on any atom is -0.481 e. The Morgan fingerprint density at radius 1 is 1.30 bits per heavy atom. The maximum absolute atomic E-state index is 12.4. The molecule has 1 amide bonds. The third-order valence-corrected chi connectivity index (χ3v) is 4.00. The molecule has 0 radical (unpaired) electrons. The second kappa shape index (κ2) is 6.69. The molecule has 114 valence electrons. The topological polar surface area (TPSA) is 116 Å². The van der Waals surface area contributed by atoms with Crippen LogP contribution in [0.3, 0.4) is 0 Å². The minimum absolute atomic E-state index is 0.0754. The first-order valence-corrected chi connectivity index (χ1v) is 6.76. The maximum Gasteiger partial charge on any atom is 0.326 e. The second-order valence-corrected chi connectivity index (χ2v) is 5.53. The van der Waals surface area contributed by atoms with Crippen LogP contribution in [0.4, 0.5) is 0 Å². The molecule has 0 aromatic rings. The zero-order chi connectivity index (χ0) is 15.3. The number of carboxylic acids is 2. The molecular weight excluding hydrogens is 264 g/mol. The number of carbonyl (C=O) groups excluding carboxylic acids is 1. The van der Waals surface area contributed by atoms with Gasteiger partial charge in [0.05, 0.1) is 5.41 Å². The van der Waals surface area contributed by atoms with Crippen LogP contribution in [0.1, 0.15) is 33.1 Å². The van der Waals surface area contributed by atoms with E-state index in [0.29, 0.717) is 13.0 Å². The van der Waals surface area contributed by atoms with Crippen LogP contribution in [0.2, 0.25) is 0 Å². The minimum atomic E-state index is -1.20. The van der Waals surface area contributed by atoms with Crippen LogP contribution in [0.25, 0.3) is 0 Å². The van der Waals surface area contributed by atoms with E-state index in [1.54, 1.807) is 0 Å². The highest BCUT2D eigenvalue weighted by Crippen LogP contribution is 2.34. The van der Waals surface area contributed by atoms with Crippen LogP contribution in [0.5, 0.6) is 0 Å². The van der Waals surface area contributed by atoms with Gasteiger partial charge in [-0.25, -0.2) is 4.79 Å². The smallest absolute Gasteiger partial charge is 0.326 e. The van der Waals surface area contributed by atoms with E-state index in [9.17, 15) is 14.4 Å². The van der Waals surface area contributed by atoms with Gasteiger partial charge >= 0.3 is 11.9 Å². The molecule has 20 heavy (non-hydrogen) atoms. The van der Waals surface area contributed by atoms with Crippen molar-refractivity contribution >= 4 is 17.8 Å². The molecule has 0 aliphatic carbocycles. The number of carboxylic acid groups (broad SMARTS) is 2. The first-order chi connectivity index (χ1) is 9.29. The van der Waals surface area contributed by atoms with Gasteiger partial charge in [0.2, 0.25) is 5.91 Å². The Balaban J connectivity index is 2.74. The van der Waals surface area contributed by atoms with E-state index in [4.69, 9.17) is 10.2 Å². The lowest BCUT2D eigenvalue weighted by atomic mass is 9.75. The molecule has 0 spiro atoms. The van der Waals surface area contributed by atoms with Crippen molar-refractivity contribution in [3.05, 3.63) is 0 Å². The Morgan fingerprint density at radius 2 is 1.95 bits per heavy atom. The van der Waals surface area contributed by atoms with Crippen molar-refractivity contribution in [1.29, 1.82) is 0 Å². The van der Waals surface area contributed by atoms with Gasteiger partial charge in [0.1, 0.15) is 6.04 Å². The van der Waals surface area contributed by atoms with E-state index in [1.807, 2.05) is 13.8 Å². The number of rotatable bonds is 7. The normalized spacial score (nSPS) is 23.6. The van der Waals surface area contributed by atoms with Crippen molar-refractivity contribution in [2.45, 2.75) is 39.2 Å². The van der Waals surface area contributed by atoms with Gasteiger partial charge in [0.25, 0.3) is 0 Å². The SMILES string of the molecule is CC(C)C1(C(=O)N[C@@H](CCC(=O)O)C(=O)O)CCNC1. The first kappa shape index (κ1) is 16.4. The molecule has 1 unspecified atom stereocenters. The lowest BCUT2D eigenvalue weighted by Gasteiger charge is -2.32. The third kappa shape index (κ3) is 3.69. The van der Waals surface area contributed by atoms with Crippen molar-refractivity contribution in [2.75, 3.05) is 13.1 Å². The van der Waals surface area contributed by atoms with E-state index in [-0.39, 0.29) is 24.7 Å². The Labute approximate surface area is 117 Å². The summed E-state index contributed by atoms with van der Waals surface area (Å²) in [5, 5.41) is 23.3. The molecular formula is C13H22N2O5. The lowest BCUT2D eigenvalue weighted by Crippen LogP contribution is -2.51. The van der Waals surface area contributed by atoms with Crippen LogP contribution < -0.4 is 10.6 Å². The monoisotopic (exact) mass is 286 g/mol. The molecule has 0 saturated carbocycles. The first-order valence-electron chi connectivity index (χ1n) is 6.76. The highest BCUT2D eigenvalue weighted by atomic mass is 16.4. The summed E-state index contributed by atoms with van der Waals surface area (Å²) in [6.45, 7) is 5.10. The molecule has 7 heteroatoms. The van der Waals surface area contributed by atoms with E-state index in [1.165, 1.54) is 0 Å². The van der Waals surface area contributed by atoms with Crippen molar-refractivity contribution in [1.82, 2.24) is 10.6 Å². The maximum atomic E-state index is 12.4. The number of hydrogen-bond acceptors (Lipinski definition) is 4. The Morgan fingerprint density at radius 3 is 2.35 bits per heavy atom. The fraction of sp³-hybridized carbons (Fsp3) is 0.769. The second-order valence-electron chi connectivity index (χ2n) is 5.53. The average Bonchev–Trinajstić information content (AvgIpc) is 2.83. The molecule has 0 bridgehead atoms. The highest BCUT2D eigenvalue weighted by Gasteiger charge is 2.44. The van der Waals surface area contributed by atoms with Crippen LogP contribution in [0, 0.1) is 11.3 Å². The van der Waals surface area contributed by atoms with Gasteiger partial charge in [-0.3, -0.25) is 9.59 Å². The average molecular weight is 286 g/mol. The number of aliphatic carboxylic acids is 2. The van der Waals surface area contributed by atoms with E-state index >= 15 is 0 Å². The number of carbonyl (C=O) groups is 3. The Kier molecular flexibility index (Phi) is 5.50. The van der Waals surface area contributed by atoms with Crippen LogP contribution in [-0.4, -0.2) is 47.2 Å². The summed E-state index contributed by atoms with van der Waals surface area (Å²) in [4.78, 5) is 34.0. The molecule has 1 aliphatic heterocycles. The zero-order valence-corrected chi connectivity index (χ0v) is 11.8. The fourth-order valence-electron chi connectivity index (χ4n) is 2.49. The molecule has 0 aromatic carbocycles. The predicted molar refractivity (Wildman–Crippen MR) is 71.2 cm³/mol. The Hall–Kier alpha value is -1.63. The Bertz CT molecular complexity index is 388. The number of hydrogen-bond donors (Lipinski definition) is 4. The van der Waals surface area contributed by atoms with Crippen LogP contribution in [-0.2, 0) is 14.4 Å². The summed E-state index contributed by atoms with van der Waals surface area (Å²) in [6.07, 6.45) is 0.254. The van der Waals surface area contributed by atoms with Gasteiger partial charge in [-0.15, -0.1) is 0 Å². The summed E-state index contributed by atoms with van der Waals surface area (Å²) >= 11 is 0. The standard InChI is InChI=1S/C13H22N2O5/c1-8(2)13(5-6-14-7-13)12(20)15-9(11(18)19)3-4-10(16)17/h8-9,14H,3-7H2,1-2H3,(H,15,20)(H,16,17)(H,18,19)/t9-,13?/m0/s1. The van der Waals surface area contributed by atoms with Crippen molar-refractivity contribution in [3.8, 4) is 0 Å². The van der Waals surface area contributed by atoms with E-state index < -0.39 is 23.4 Å². The lowest BCUT2D eigenvalue weighted by molar-refractivity contribution is -0.145. The largest absolute Gasteiger partial charge is 0.481 e. The molecule has 7 nitrogen and oxygen atoms in total. The van der Waals surface area contributed by atoms with Gasteiger partial charge < -0.3 is 20.8 Å². The molecule has 1 saturated heterocycles. The molecule has 1 fully saturated rings. The van der Waals surface area contributed by atoms with Crippen LogP contribution in [0.15, 0.2) is 0 Å². The molecule has 1 aliphatic rings. The predicted octanol–water partition coefficient (Wildman–Crippen LogP) is 0.0563. The molecule has 1 rings (SSSR count). The zero-order valence-electron chi connectivity index (χ0n) is 11.8. The van der Waals surface area contributed by atoms with E-state index in [0.717, 1.165) is 6.54 Å². The van der Waals surface area contributed by atoms with Crippen LogP contribution >= 0.6 is 0 Å². The van der Waals surface area contributed by atoms with Crippen molar-refractivity contribution in [3.63, 3.8) is 0 Å². The van der Waals surface area contributed by atoms with Gasteiger partial charge in [-0.2, -0.15) is 0 Å². The summed E-state index contributed by atoms with van der Waals surface area (Å²) in [7, 11) is 0. The van der Waals surface area contributed by atoms with Gasteiger partial charge in [0, 0.05) is 13.0 Å². The molecule has 0 aromatic heterocycles. The number of amides is 1. The third-order valence-electron chi connectivity index (χ3n) is 4.00. The fourth-order valence-corrected chi connectivity index (χ4v) is 2.49. The quantitative estimate of drug-likeness (QED) is 0.526. The van der Waals surface area contributed by atoms with Crippen molar-refractivity contribution < 1.29 is 24.6 Å². The van der Waals surface area contributed by atoms with E-state index in [2.05, 4.69) is 10.6 Å². The number of nitrogens with one attached hydrogen (secondary N) is 2. The molecule has 2 atom stereocenters. The van der Waals surface area contributed by atoms with Gasteiger partial charge in [-0.05, 0) is 25.3 Å². The van der Waals surface area contributed by atoms with Gasteiger partial charge in [-0.1, -0.05) is 13.8 Å². The highest BCUT2D eigenvalue weighted by molar-refractivity contribution is 5.88. The molecule has 1 heterocycles. The summed E-state index contributed by atoms with van der Waals surface area (Å²) < 4.78 is 0. The summed E-state index contributed by atoms with van der Waals surface area (Å²) in [6, 6.07) is -1.16. The molecule has 4 N–H and O–H groups in total. The van der Waals surface area contributed by atoms with Gasteiger partial charge in [0.15, 0.2) is 0 Å².